The summed E-state index contributed by atoms with van der Waals surface area (Å²) in [6, 6.07) is 8.98. The van der Waals surface area contributed by atoms with Crippen molar-refractivity contribution in [2.45, 2.75) is 6.42 Å². The third-order valence-corrected chi connectivity index (χ3v) is 3.76. The molecule has 3 nitrogen and oxygen atoms in total. The van der Waals surface area contributed by atoms with E-state index in [-0.39, 0.29) is 5.82 Å². The quantitative estimate of drug-likeness (QED) is 0.770. The molecule has 0 saturated heterocycles. The van der Waals surface area contributed by atoms with E-state index in [2.05, 4.69) is 31.2 Å². The van der Waals surface area contributed by atoms with Crippen molar-refractivity contribution in [2.24, 2.45) is 0 Å². The lowest BCUT2D eigenvalue weighted by molar-refractivity contribution is 0.610. The molecule has 0 atom stereocenters. The van der Waals surface area contributed by atoms with Crippen LogP contribution in [-0.2, 0) is 6.42 Å². The molecule has 0 bridgehead atoms. The summed E-state index contributed by atoms with van der Waals surface area (Å²) in [6.07, 6.45) is 5.83. The van der Waals surface area contributed by atoms with Gasteiger partial charge in [-0.25, -0.2) is 4.39 Å². The van der Waals surface area contributed by atoms with Gasteiger partial charge < -0.3 is 5.32 Å². The fourth-order valence-electron chi connectivity index (χ4n) is 2.21. The van der Waals surface area contributed by atoms with Gasteiger partial charge in [0.05, 0.1) is 11.7 Å². The summed E-state index contributed by atoms with van der Waals surface area (Å²) in [5.41, 5.74) is 2.53. The predicted octanol–water partition coefficient (Wildman–Crippen LogP) is 4.19. The first-order valence-corrected chi connectivity index (χ1v) is 7.40. The minimum absolute atomic E-state index is 0.185. The van der Waals surface area contributed by atoms with Crippen LogP contribution in [0.25, 0.3) is 10.9 Å². The third kappa shape index (κ3) is 3.19. The van der Waals surface area contributed by atoms with Crippen LogP contribution in [0.15, 0.2) is 53.4 Å². The van der Waals surface area contributed by atoms with Crippen molar-refractivity contribution in [3.05, 3.63) is 64.8 Å². The lowest BCUT2D eigenvalue weighted by Crippen LogP contribution is -2.06. The molecule has 0 aliphatic heterocycles. The van der Waals surface area contributed by atoms with Gasteiger partial charge in [-0.3, -0.25) is 9.97 Å². The summed E-state index contributed by atoms with van der Waals surface area (Å²) in [5.74, 6) is -0.185. The summed E-state index contributed by atoms with van der Waals surface area (Å²) in [6.45, 7) is 0.653. The highest BCUT2D eigenvalue weighted by atomic mass is 79.9. The molecule has 0 saturated carbocycles. The standard InChI is InChI=1S/C16H13BrFN3/c17-12-2-1-11(14(18)9-12)3-7-20-15-5-8-21-16-10-19-6-4-13(15)16/h1-2,4-6,8-10H,3,7H2,(H,20,21). The van der Waals surface area contributed by atoms with Crippen molar-refractivity contribution in [1.29, 1.82) is 0 Å². The van der Waals surface area contributed by atoms with Crippen molar-refractivity contribution in [1.82, 2.24) is 9.97 Å². The van der Waals surface area contributed by atoms with E-state index < -0.39 is 0 Å². The minimum Gasteiger partial charge on any atom is -0.384 e. The Hall–Kier alpha value is -2.01. The van der Waals surface area contributed by atoms with Gasteiger partial charge in [-0.1, -0.05) is 22.0 Å². The summed E-state index contributed by atoms with van der Waals surface area (Å²) in [4.78, 5) is 8.32. The van der Waals surface area contributed by atoms with Gasteiger partial charge in [0.25, 0.3) is 0 Å². The fourth-order valence-corrected chi connectivity index (χ4v) is 2.54. The second kappa shape index (κ2) is 6.18. The molecule has 1 aromatic carbocycles. The lowest BCUT2D eigenvalue weighted by atomic mass is 10.1. The molecule has 0 radical (unpaired) electrons. The Balaban J connectivity index is 1.72. The van der Waals surface area contributed by atoms with Crippen molar-refractivity contribution >= 4 is 32.5 Å². The number of anilines is 1. The number of fused-ring (bicyclic) bond motifs is 1. The highest BCUT2D eigenvalue weighted by molar-refractivity contribution is 9.10. The number of nitrogens with zero attached hydrogens (tertiary/aromatic N) is 2. The van der Waals surface area contributed by atoms with E-state index in [4.69, 9.17) is 0 Å². The molecule has 5 heteroatoms. The van der Waals surface area contributed by atoms with E-state index in [1.807, 2.05) is 18.2 Å². The largest absolute Gasteiger partial charge is 0.384 e. The molecule has 0 amide bonds. The van der Waals surface area contributed by atoms with Crippen LogP contribution in [0.4, 0.5) is 10.1 Å². The van der Waals surface area contributed by atoms with E-state index in [1.54, 1.807) is 24.7 Å². The summed E-state index contributed by atoms with van der Waals surface area (Å²) in [7, 11) is 0. The number of hydrogen-bond acceptors (Lipinski definition) is 3. The maximum Gasteiger partial charge on any atom is 0.127 e. The maximum atomic E-state index is 13.8. The molecule has 0 aliphatic carbocycles. The van der Waals surface area contributed by atoms with Gasteiger partial charge in [0.1, 0.15) is 5.82 Å². The van der Waals surface area contributed by atoms with Crippen LogP contribution in [-0.4, -0.2) is 16.5 Å². The molecule has 0 unspecified atom stereocenters. The number of rotatable bonds is 4. The Kier molecular flexibility index (Phi) is 4.10. The highest BCUT2D eigenvalue weighted by Gasteiger charge is 2.04. The van der Waals surface area contributed by atoms with Gasteiger partial charge in [-0.15, -0.1) is 0 Å². The Morgan fingerprint density at radius 3 is 2.90 bits per heavy atom. The normalized spacial score (nSPS) is 10.8. The van der Waals surface area contributed by atoms with Crippen LogP contribution in [0.3, 0.4) is 0 Å². The van der Waals surface area contributed by atoms with E-state index in [0.717, 1.165) is 21.1 Å². The number of nitrogens with one attached hydrogen (secondary N) is 1. The van der Waals surface area contributed by atoms with Crippen LogP contribution in [0.5, 0.6) is 0 Å². The zero-order valence-corrected chi connectivity index (χ0v) is 12.8. The summed E-state index contributed by atoms with van der Waals surface area (Å²) >= 11 is 3.26. The van der Waals surface area contributed by atoms with Gasteiger partial charge >= 0.3 is 0 Å². The maximum absolute atomic E-state index is 13.8. The number of pyridine rings is 2. The lowest BCUT2D eigenvalue weighted by Gasteiger charge is -2.09. The summed E-state index contributed by atoms with van der Waals surface area (Å²) < 4.78 is 14.5. The van der Waals surface area contributed by atoms with Crippen molar-refractivity contribution in [3.8, 4) is 0 Å². The molecule has 2 heterocycles. The minimum atomic E-state index is -0.185. The summed E-state index contributed by atoms with van der Waals surface area (Å²) in [5, 5.41) is 4.35. The van der Waals surface area contributed by atoms with E-state index >= 15 is 0 Å². The number of hydrogen-bond donors (Lipinski definition) is 1. The second-order valence-electron chi connectivity index (χ2n) is 4.66. The van der Waals surface area contributed by atoms with Crippen molar-refractivity contribution in [2.75, 3.05) is 11.9 Å². The Morgan fingerprint density at radius 2 is 2.05 bits per heavy atom. The monoisotopic (exact) mass is 345 g/mol. The molecule has 0 fully saturated rings. The molecule has 0 aliphatic rings. The number of aromatic nitrogens is 2. The zero-order valence-electron chi connectivity index (χ0n) is 11.2. The molecule has 2 aromatic heterocycles. The first-order chi connectivity index (χ1) is 10.2. The van der Waals surface area contributed by atoms with Crippen molar-refractivity contribution in [3.63, 3.8) is 0 Å². The van der Waals surface area contributed by atoms with Gasteiger partial charge in [0.2, 0.25) is 0 Å². The smallest absolute Gasteiger partial charge is 0.127 e. The predicted molar refractivity (Wildman–Crippen MR) is 85.8 cm³/mol. The van der Waals surface area contributed by atoms with Gasteiger partial charge in [-0.05, 0) is 36.2 Å². The van der Waals surface area contributed by atoms with Crippen LogP contribution in [0, 0.1) is 5.82 Å². The molecular formula is C16H13BrFN3. The van der Waals surface area contributed by atoms with Crippen LogP contribution >= 0.6 is 15.9 Å². The molecule has 106 valence electrons. The molecular weight excluding hydrogens is 333 g/mol. The molecule has 1 N–H and O–H groups in total. The Morgan fingerprint density at radius 1 is 1.14 bits per heavy atom. The average molecular weight is 346 g/mol. The van der Waals surface area contributed by atoms with Crippen molar-refractivity contribution < 1.29 is 4.39 Å². The van der Waals surface area contributed by atoms with Gasteiger partial charge in [0, 0.05) is 34.5 Å². The highest BCUT2D eigenvalue weighted by Crippen LogP contribution is 2.20. The second-order valence-corrected chi connectivity index (χ2v) is 5.58. The number of halogens is 2. The molecule has 21 heavy (non-hydrogen) atoms. The first kappa shape index (κ1) is 13.9. The molecule has 3 aromatic rings. The van der Waals surface area contributed by atoms with Crippen LogP contribution in [0.1, 0.15) is 5.56 Å². The average Bonchev–Trinajstić information content (AvgIpc) is 2.50. The number of benzene rings is 1. The fraction of sp³-hybridized carbons (Fsp3) is 0.125. The SMILES string of the molecule is Fc1cc(Br)ccc1CCNc1ccnc2cnccc12. The molecule has 0 spiro atoms. The van der Waals surface area contributed by atoms with E-state index in [1.165, 1.54) is 6.07 Å². The van der Waals surface area contributed by atoms with E-state index in [9.17, 15) is 4.39 Å². The van der Waals surface area contributed by atoms with Crippen LogP contribution in [0.2, 0.25) is 0 Å². The first-order valence-electron chi connectivity index (χ1n) is 6.60. The Labute approximate surface area is 130 Å². The van der Waals surface area contributed by atoms with Crippen LogP contribution < -0.4 is 5.32 Å². The molecule has 3 rings (SSSR count). The van der Waals surface area contributed by atoms with Gasteiger partial charge in [-0.2, -0.15) is 0 Å². The Bertz CT molecular complexity index is 771. The third-order valence-electron chi connectivity index (χ3n) is 3.27. The van der Waals surface area contributed by atoms with Gasteiger partial charge in [0.15, 0.2) is 0 Å². The topological polar surface area (TPSA) is 37.8 Å². The zero-order chi connectivity index (χ0) is 14.7. The van der Waals surface area contributed by atoms with E-state index in [0.29, 0.717) is 18.5 Å².